The zero-order valence-corrected chi connectivity index (χ0v) is 13.5. The molecule has 2 N–H and O–H groups in total. The van der Waals surface area contributed by atoms with Gasteiger partial charge in [-0.2, -0.15) is 0 Å². The normalized spacial score (nSPS) is 12.7. The van der Waals surface area contributed by atoms with E-state index in [2.05, 4.69) is 25.6 Å². The number of nitrogens with zero attached hydrogens (tertiary/aromatic N) is 4. The maximum Gasteiger partial charge on any atom is 0.262 e. The lowest BCUT2D eigenvalue weighted by Crippen LogP contribution is -2.27. The molecule has 3 aromatic rings. The zero-order chi connectivity index (χ0) is 17.9. The van der Waals surface area contributed by atoms with Gasteiger partial charge >= 0.3 is 0 Å². The molecule has 0 atom stereocenters. The lowest BCUT2D eigenvalue weighted by molar-refractivity contribution is -0.118. The molecule has 0 radical (unpaired) electrons. The SMILES string of the molecule is O=C1COc2ncc(C(=O)NCc3ccc(-n4ccnc4)nc3)cc2N1. The molecule has 0 unspecified atom stereocenters. The van der Waals surface area contributed by atoms with E-state index in [-0.39, 0.29) is 18.4 Å². The Morgan fingerprint density at radius 3 is 3.00 bits per heavy atom. The molecule has 0 spiro atoms. The highest BCUT2D eigenvalue weighted by Crippen LogP contribution is 2.25. The van der Waals surface area contributed by atoms with Gasteiger partial charge in [0.25, 0.3) is 11.8 Å². The Bertz CT molecular complexity index is 953. The maximum atomic E-state index is 12.3. The maximum absolute atomic E-state index is 12.3. The number of amides is 2. The van der Waals surface area contributed by atoms with Crippen LogP contribution >= 0.6 is 0 Å². The number of carbonyl (C=O) groups is 2. The topological polar surface area (TPSA) is 111 Å². The average molecular weight is 350 g/mol. The molecule has 0 saturated heterocycles. The first-order valence-corrected chi connectivity index (χ1v) is 7.83. The van der Waals surface area contributed by atoms with Gasteiger partial charge < -0.3 is 15.4 Å². The van der Waals surface area contributed by atoms with Crippen LogP contribution in [0.15, 0.2) is 49.3 Å². The first-order valence-electron chi connectivity index (χ1n) is 7.83. The number of anilines is 1. The molecule has 0 bridgehead atoms. The van der Waals surface area contributed by atoms with Crippen molar-refractivity contribution in [3.05, 3.63) is 60.4 Å². The summed E-state index contributed by atoms with van der Waals surface area (Å²) in [5.74, 6) is 0.465. The second-order valence-electron chi connectivity index (χ2n) is 5.59. The number of nitrogens with one attached hydrogen (secondary N) is 2. The van der Waals surface area contributed by atoms with Crippen molar-refractivity contribution in [2.75, 3.05) is 11.9 Å². The standard InChI is InChI=1S/C17H14N6O3/c24-15-9-26-17-13(22-15)5-12(8-21-17)16(25)20-7-11-1-2-14(19-6-11)23-4-3-18-10-23/h1-6,8,10H,7,9H2,(H,20,25)(H,22,24). The molecule has 3 aromatic heterocycles. The Kier molecular flexibility index (Phi) is 4.02. The van der Waals surface area contributed by atoms with E-state index in [1.54, 1.807) is 29.5 Å². The lowest BCUT2D eigenvalue weighted by atomic mass is 10.2. The number of rotatable bonds is 4. The highest BCUT2D eigenvalue weighted by atomic mass is 16.5. The fourth-order valence-electron chi connectivity index (χ4n) is 2.45. The number of pyridine rings is 2. The molecule has 2 amide bonds. The van der Waals surface area contributed by atoms with Crippen LogP contribution in [0.5, 0.6) is 5.88 Å². The van der Waals surface area contributed by atoms with Crippen LogP contribution in [-0.4, -0.2) is 37.9 Å². The Morgan fingerprint density at radius 2 is 2.23 bits per heavy atom. The van der Waals surface area contributed by atoms with Crippen molar-refractivity contribution in [3.63, 3.8) is 0 Å². The van der Waals surface area contributed by atoms with E-state index >= 15 is 0 Å². The number of imidazole rings is 1. The fraction of sp³-hybridized carbons (Fsp3) is 0.118. The van der Waals surface area contributed by atoms with E-state index in [9.17, 15) is 9.59 Å². The van der Waals surface area contributed by atoms with Crippen LogP contribution in [-0.2, 0) is 11.3 Å². The van der Waals surface area contributed by atoms with Gasteiger partial charge in [0.15, 0.2) is 6.61 Å². The summed E-state index contributed by atoms with van der Waals surface area (Å²) in [6, 6.07) is 5.26. The minimum Gasteiger partial charge on any atom is -0.466 e. The van der Waals surface area contributed by atoms with E-state index in [0.29, 0.717) is 23.7 Å². The van der Waals surface area contributed by atoms with Gasteiger partial charge in [-0.1, -0.05) is 6.07 Å². The molecular weight excluding hydrogens is 336 g/mol. The third-order valence-electron chi connectivity index (χ3n) is 3.76. The molecule has 4 heterocycles. The van der Waals surface area contributed by atoms with Crippen LogP contribution in [0.25, 0.3) is 5.82 Å². The molecule has 26 heavy (non-hydrogen) atoms. The lowest BCUT2D eigenvalue weighted by Gasteiger charge is -2.17. The van der Waals surface area contributed by atoms with Gasteiger partial charge in [-0.3, -0.25) is 14.2 Å². The second-order valence-corrected chi connectivity index (χ2v) is 5.59. The van der Waals surface area contributed by atoms with E-state index in [0.717, 1.165) is 11.4 Å². The minimum atomic E-state index is -0.307. The molecule has 9 heteroatoms. The molecule has 1 aliphatic rings. The smallest absolute Gasteiger partial charge is 0.262 e. The van der Waals surface area contributed by atoms with Gasteiger partial charge in [-0.25, -0.2) is 15.0 Å². The monoisotopic (exact) mass is 350 g/mol. The van der Waals surface area contributed by atoms with Crippen molar-refractivity contribution in [3.8, 4) is 11.7 Å². The molecule has 0 aromatic carbocycles. The average Bonchev–Trinajstić information content (AvgIpc) is 3.20. The summed E-state index contributed by atoms with van der Waals surface area (Å²) in [6.07, 6.45) is 8.24. The second kappa shape index (κ2) is 6.63. The van der Waals surface area contributed by atoms with Crippen molar-refractivity contribution in [1.29, 1.82) is 0 Å². The van der Waals surface area contributed by atoms with Crippen molar-refractivity contribution in [1.82, 2.24) is 24.8 Å². The molecule has 1 aliphatic heterocycles. The van der Waals surface area contributed by atoms with Gasteiger partial charge in [0.1, 0.15) is 17.8 Å². The predicted octanol–water partition coefficient (Wildman–Crippen LogP) is 0.923. The van der Waals surface area contributed by atoms with Crippen LogP contribution < -0.4 is 15.4 Å². The van der Waals surface area contributed by atoms with Gasteiger partial charge in [0, 0.05) is 31.3 Å². The summed E-state index contributed by atoms with van der Waals surface area (Å²) in [5, 5.41) is 5.42. The molecule has 4 rings (SSSR count). The Labute approximate surface area is 148 Å². The summed E-state index contributed by atoms with van der Waals surface area (Å²) >= 11 is 0. The molecule has 0 fully saturated rings. The van der Waals surface area contributed by atoms with Gasteiger partial charge in [-0.15, -0.1) is 0 Å². The van der Waals surface area contributed by atoms with E-state index in [1.165, 1.54) is 12.3 Å². The van der Waals surface area contributed by atoms with Crippen LogP contribution in [0, 0.1) is 0 Å². The molecule has 130 valence electrons. The summed E-state index contributed by atoms with van der Waals surface area (Å²) in [7, 11) is 0. The number of aromatic nitrogens is 4. The minimum absolute atomic E-state index is 0.0758. The van der Waals surface area contributed by atoms with Crippen molar-refractivity contribution < 1.29 is 14.3 Å². The van der Waals surface area contributed by atoms with Crippen molar-refractivity contribution in [2.24, 2.45) is 0 Å². The van der Waals surface area contributed by atoms with Crippen molar-refractivity contribution >= 4 is 17.5 Å². The number of fused-ring (bicyclic) bond motifs is 1. The highest BCUT2D eigenvalue weighted by molar-refractivity contribution is 5.99. The molecule has 9 nitrogen and oxygen atoms in total. The van der Waals surface area contributed by atoms with Crippen LogP contribution in [0.2, 0.25) is 0 Å². The molecule has 0 saturated carbocycles. The number of ether oxygens (including phenoxy) is 1. The molecule has 0 aliphatic carbocycles. The van der Waals surface area contributed by atoms with Gasteiger partial charge in [0.05, 0.1) is 5.56 Å². The fourth-order valence-corrected chi connectivity index (χ4v) is 2.45. The summed E-state index contributed by atoms with van der Waals surface area (Å²) in [4.78, 5) is 36.0. The van der Waals surface area contributed by atoms with Crippen LogP contribution in [0.3, 0.4) is 0 Å². The summed E-state index contributed by atoms with van der Waals surface area (Å²) < 4.78 is 6.96. The third kappa shape index (κ3) is 3.22. The first kappa shape index (κ1) is 15.8. The number of carbonyl (C=O) groups excluding carboxylic acids is 2. The van der Waals surface area contributed by atoms with Crippen LogP contribution in [0.4, 0.5) is 5.69 Å². The Hall–Kier alpha value is -3.75. The van der Waals surface area contributed by atoms with Gasteiger partial charge in [-0.05, 0) is 17.7 Å². The number of hydrogen-bond donors (Lipinski definition) is 2. The van der Waals surface area contributed by atoms with Crippen LogP contribution in [0.1, 0.15) is 15.9 Å². The number of hydrogen-bond acceptors (Lipinski definition) is 6. The predicted molar refractivity (Wildman–Crippen MR) is 90.9 cm³/mol. The van der Waals surface area contributed by atoms with E-state index in [4.69, 9.17) is 4.74 Å². The first-order chi connectivity index (χ1) is 12.7. The molecular formula is C17H14N6O3. The van der Waals surface area contributed by atoms with E-state index in [1.807, 2.05) is 12.1 Å². The van der Waals surface area contributed by atoms with E-state index < -0.39 is 0 Å². The Balaban J connectivity index is 1.41. The summed E-state index contributed by atoms with van der Waals surface area (Å²) in [6.45, 7) is 0.240. The highest BCUT2D eigenvalue weighted by Gasteiger charge is 2.19. The zero-order valence-electron chi connectivity index (χ0n) is 13.5. The largest absolute Gasteiger partial charge is 0.466 e. The summed E-state index contributed by atoms with van der Waals surface area (Å²) in [5.41, 5.74) is 1.57. The Morgan fingerprint density at radius 1 is 1.31 bits per heavy atom. The van der Waals surface area contributed by atoms with Crippen molar-refractivity contribution in [2.45, 2.75) is 6.54 Å². The third-order valence-corrected chi connectivity index (χ3v) is 3.76. The quantitative estimate of drug-likeness (QED) is 0.724. The van der Waals surface area contributed by atoms with Gasteiger partial charge in [0.2, 0.25) is 5.88 Å².